The van der Waals surface area contributed by atoms with Crippen LogP contribution in [0.1, 0.15) is 108 Å². The third kappa shape index (κ3) is 29.5. The quantitative estimate of drug-likeness (QED) is 0.0133. The van der Waals surface area contributed by atoms with Crippen LogP contribution in [0.15, 0.2) is 57.4 Å². The number of fused-ring (bicyclic) bond motifs is 2. The largest absolute Gasteiger partial charge is 0.480 e. The molecule has 11 amide bonds. The monoisotopic (exact) mass is 1400 g/mol. The van der Waals surface area contributed by atoms with E-state index < -0.39 is 126 Å². The Morgan fingerprint density at radius 3 is 1.74 bits per heavy atom. The fraction of sp³-hybridized carbons (Fsp3) is 0.600. The molecule has 2 aromatic carbocycles. The first-order chi connectivity index (χ1) is 46.3. The van der Waals surface area contributed by atoms with Crippen molar-refractivity contribution in [3.05, 3.63) is 48.0 Å². The van der Waals surface area contributed by atoms with E-state index in [1.165, 1.54) is 4.90 Å². The predicted molar refractivity (Wildman–Crippen MR) is 371 cm³/mol. The van der Waals surface area contributed by atoms with Crippen molar-refractivity contribution >= 4 is 115 Å². The maximum Gasteiger partial charge on any atom is 0.326 e. The first kappa shape index (κ1) is 80.5. The zero-order valence-corrected chi connectivity index (χ0v) is 56.1. The van der Waals surface area contributed by atoms with E-state index in [0.29, 0.717) is 44.1 Å². The summed E-state index contributed by atoms with van der Waals surface area (Å²) in [6, 6.07) is -1.96. The number of aliphatic imine (C=N–C) groups is 3. The number of unbranched alkanes of at least 4 members (excludes halogenated alkanes) is 2. The molecule has 0 aliphatic carbocycles. The number of carboxylic acids is 1. The summed E-state index contributed by atoms with van der Waals surface area (Å²) >= 11 is 0. The van der Waals surface area contributed by atoms with Gasteiger partial charge in [-0.05, 0) is 132 Å². The Morgan fingerprint density at radius 1 is 0.588 bits per heavy atom. The number of nitrogens with zero attached hydrogens (tertiary/aromatic N) is 4. The fourth-order valence-corrected chi connectivity index (χ4v) is 12.9. The Kier molecular flexibility index (Phi) is 35.9. The Hall–Kier alpha value is -8.94. The van der Waals surface area contributed by atoms with E-state index in [9.17, 15) is 48.3 Å². The molecule has 0 radical (unpaired) electrons. The summed E-state index contributed by atoms with van der Waals surface area (Å²) in [4.78, 5) is 169. The molecule has 0 bridgehead atoms. The smallest absolute Gasteiger partial charge is 0.326 e. The zero-order chi connectivity index (χ0) is 71.4. The van der Waals surface area contributed by atoms with Crippen molar-refractivity contribution < 1.29 is 57.8 Å². The second-order valence-corrected chi connectivity index (χ2v) is 26.0. The molecule has 0 saturated carbocycles. The summed E-state index contributed by atoms with van der Waals surface area (Å²) in [5.41, 5.74) is 56.9. The third-order valence-corrected chi connectivity index (χ3v) is 18.2. The highest BCUT2D eigenvalue weighted by Gasteiger charge is 2.41. The van der Waals surface area contributed by atoms with Gasteiger partial charge < -0.3 is 115 Å². The second kappa shape index (κ2) is 43.3. The van der Waals surface area contributed by atoms with Gasteiger partial charge in [0.25, 0.3) is 0 Å². The van der Waals surface area contributed by atoms with Gasteiger partial charge in [-0.1, -0.05) is 64.1 Å². The van der Waals surface area contributed by atoms with Crippen LogP contribution in [0.25, 0.3) is 10.8 Å². The van der Waals surface area contributed by atoms with Crippen LogP contribution in [0, 0.1) is 0 Å². The number of carboxylic acid groups (broad SMARTS) is 1. The number of primary amides is 1. The number of nitrogens with two attached hydrogens (primary N) is 10. The molecule has 4 rings (SSSR count). The average molecular weight is 1400 g/mol. The lowest BCUT2D eigenvalue weighted by Gasteiger charge is -2.31. The summed E-state index contributed by atoms with van der Waals surface area (Å²) in [6.07, 6.45) is 2.25. The van der Waals surface area contributed by atoms with Crippen LogP contribution in [-0.4, -0.2) is 211 Å². The zero-order valence-electron chi connectivity index (χ0n) is 54.5. The Morgan fingerprint density at radius 2 is 1.13 bits per heavy atom. The summed E-state index contributed by atoms with van der Waals surface area (Å²) < 4.78 is 0. The Bertz CT molecular complexity index is 3060. The number of urea groups is 1. The molecule has 538 valence electrons. The van der Waals surface area contributed by atoms with Crippen molar-refractivity contribution in [3.8, 4) is 0 Å². The molecule has 30 N–H and O–H groups in total. The van der Waals surface area contributed by atoms with Crippen molar-refractivity contribution in [2.75, 3.05) is 57.3 Å². The van der Waals surface area contributed by atoms with Gasteiger partial charge >= 0.3 is 12.0 Å². The minimum atomic E-state index is -1.59. The minimum Gasteiger partial charge on any atom is -0.480 e. The molecule has 37 heteroatoms. The number of guanidine groups is 3. The van der Waals surface area contributed by atoms with Gasteiger partial charge in [0.2, 0.25) is 53.2 Å². The van der Waals surface area contributed by atoms with E-state index in [1.807, 2.05) is 36.4 Å². The number of benzene rings is 2. The molecule has 2 saturated heterocycles. The van der Waals surface area contributed by atoms with Crippen LogP contribution in [0.4, 0.5) is 4.79 Å². The van der Waals surface area contributed by atoms with E-state index in [1.54, 1.807) is 6.07 Å². The molecule has 97 heavy (non-hydrogen) atoms. The molecule has 0 aromatic heterocycles. The number of aliphatic carboxylic acids is 1. The van der Waals surface area contributed by atoms with Crippen LogP contribution >= 0.6 is 21.6 Å². The molecular weight excluding hydrogens is 1300 g/mol. The minimum absolute atomic E-state index is 0.00881. The number of rotatable bonds is 35. The standard InChI is InChI=1S/C60H99N23O12S2/c61-23-5-3-15-38-48(85)78-41(16-4-6-24-62)55(92)83-29-11-20-46(83)54(91)77-40(18-9-28-74-60(70)95)50(87)81-45(53(90)79-42(56(93)94)19-10-27-73-59(68)69)33-97-96-32-44(52(89)76-38)82-51(88)43(31-34-21-22-35-12-1-2-13-36(35)30-34)80-49(86)39(17-8-26-72-58(66)67)75-47(84)37(63)14-7-25-71-57(64)65/h1-2,12-13,21-22,30,37-46H,3-11,14-20,23-29,31-33,61-63H2,(H,75,84)(H,76,89)(H,77,91)(H,78,85)(H,79,90)(H,80,86)(H,81,87)(H,82,88)(H,93,94)(H4,64,65,71)(H4,66,67,72)(H4,68,69,73)(H3,70,74,95)/t37-,38-,39-,40-,41+,42-,43-,44-,45-,46-/m0/s1. The van der Waals surface area contributed by atoms with Crippen LogP contribution < -0.4 is 105 Å². The van der Waals surface area contributed by atoms with E-state index in [-0.39, 0.29) is 146 Å². The number of hydrogen-bond acceptors (Lipinski definition) is 19. The maximum atomic E-state index is 15.3. The highest BCUT2D eigenvalue weighted by Crippen LogP contribution is 2.26. The summed E-state index contributed by atoms with van der Waals surface area (Å²) in [5, 5.41) is 36.0. The fourth-order valence-electron chi connectivity index (χ4n) is 10.6. The number of nitrogens with one attached hydrogen (secondary N) is 9. The van der Waals surface area contributed by atoms with Crippen LogP contribution in [0.3, 0.4) is 0 Å². The average Bonchev–Trinajstić information content (AvgIpc) is 1.82. The van der Waals surface area contributed by atoms with Crippen molar-refractivity contribution in [1.82, 2.24) is 52.8 Å². The van der Waals surface area contributed by atoms with Gasteiger partial charge in [0.05, 0.1) is 6.04 Å². The van der Waals surface area contributed by atoms with Crippen molar-refractivity contribution in [2.45, 2.75) is 170 Å². The molecule has 2 heterocycles. The van der Waals surface area contributed by atoms with Crippen LogP contribution in [0.5, 0.6) is 0 Å². The predicted octanol–water partition coefficient (Wildman–Crippen LogP) is -5.07. The molecular formula is C60H99N23O12S2. The van der Waals surface area contributed by atoms with Crippen molar-refractivity contribution in [2.24, 2.45) is 72.3 Å². The summed E-state index contributed by atoms with van der Waals surface area (Å²) in [7, 11) is 1.83. The molecule has 2 aliphatic heterocycles. The van der Waals surface area contributed by atoms with Crippen molar-refractivity contribution in [1.29, 1.82) is 0 Å². The van der Waals surface area contributed by atoms with Crippen LogP contribution in [0.2, 0.25) is 0 Å². The normalized spacial score (nSPS) is 20.1. The van der Waals surface area contributed by atoms with Gasteiger partial charge in [-0.15, -0.1) is 0 Å². The molecule has 2 fully saturated rings. The van der Waals surface area contributed by atoms with Crippen LogP contribution in [-0.2, 0) is 54.4 Å². The van der Waals surface area contributed by atoms with Gasteiger partial charge in [-0.25, -0.2) is 9.59 Å². The molecule has 0 unspecified atom stereocenters. The Labute approximate surface area is 570 Å². The topological polar surface area (TPSA) is 617 Å². The second-order valence-electron chi connectivity index (χ2n) is 23.4. The molecule has 2 aromatic rings. The van der Waals surface area contributed by atoms with Gasteiger partial charge in [0, 0.05) is 50.7 Å². The molecule has 10 atom stereocenters. The SMILES string of the molecule is NCCCC[C@@H]1NC(=O)[C@@H](NC(=O)[C@H](Cc2ccc3ccccc3c2)NC(=O)[C@H](CCCN=C(N)N)NC(=O)[C@@H](N)CCCN=C(N)N)CSSC[C@@H](C(=O)N[C@@H](CCCN=C(N)N)C(=O)O)NC(=O)[C@H](CCCNC(N)=O)NC(=O)[C@@H]2CCCN2C(=O)[C@@H](CCCCN)NC1=O. The summed E-state index contributed by atoms with van der Waals surface area (Å²) in [6.45, 7) is 0.723. The number of hydrogen-bond donors (Lipinski definition) is 20. The third-order valence-electron chi connectivity index (χ3n) is 15.7. The number of carbonyl (C=O) groups excluding carboxylic acids is 10. The highest BCUT2D eigenvalue weighted by molar-refractivity contribution is 8.76. The maximum absolute atomic E-state index is 15.3. The lowest BCUT2D eigenvalue weighted by atomic mass is 10.00. The van der Waals surface area contributed by atoms with Gasteiger partial charge in [-0.3, -0.25) is 58.1 Å². The Balaban J connectivity index is 1.87. The number of amides is 11. The van der Waals surface area contributed by atoms with Crippen molar-refractivity contribution in [3.63, 3.8) is 0 Å². The van der Waals surface area contributed by atoms with E-state index in [2.05, 4.69) is 62.8 Å². The van der Waals surface area contributed by atoms with Gasteiger partial charge in [-0.2, -0.15) is 0 Å². The summed E-state index contributed by atoms with van der Waals surface area (Å²) in [5.74, 6) is -10.2. The first-order valence-electron chi connectivity index (χ1n) is 32.4. The highest BCUT2D eigenvalue weighted by atomic mass is 33.1. The molecule has 2 aliphatic rings. The molecule has 0 spiro atoms. The lowest BCUT2D eigenvalue weighted by molar-refractivity contribution is -0.143. The van der Waals surface area contributed by atoms with Gasteiger partial charge in [0.1, 0.15) is 54.4 Å². The number of carbonyl (C=O) groups is 11. The van der Waals surface area contributed by atoms with E-state index in [0.717, 1.165) is 32.4 Å². The van der Waals surface area contributed by atoms with Gasteiger partial charge in [0.15, 0.2) is 17.9 Å². The molecule has 35 nitrogen and oxygen atoms in total. The first-order valence-corrected chi connectivity index (χ1v) is 34.8. The van der Waals surface area contributed by atoms with E-state index >= 15 is 9.59 Å². The van der Waals surface area contributed by atoms with E-state index in [4.69, 9.17) is 57.3 Å². The lowest BCUT2D eigenvalue weighted by Crippen LogP contribution is -2.61.